The van der Waals surface area contributed by atoms with Crippen molar-refractivity contribution in [1.29, 1.82) is 0 Å². The summed E-state index contributed by atoms with van der Waals surface area (Å²) in [4.78, 5) is 12.1. The first kappa shape index (κ1) is 15.9. The highest BCUT2D eigenvalue weighted by Crippen LogP contribution is 2.15. The molecular weight excluding hydrogens is 288 g/mol. The van der Waals surface area contributed by atoms with Gasteiger partial charge in [-0.2, -0.15) is 0 Å². The average Bonchev–Trinajstić information content (AvgIpc) is 2.50. The van der Waals surface area contributed by atoms with E-state index in [4.69, 9.17) is 4.74 Å². The van der Waals surface area contributed by atoms with Gasteiger partial charge < -0.3 is 10.1 Å². The smallest absolute Gasteiger partial charge is 0.261 e. The van der Waals surface area contributed by atoms with Gasteiger partial charge in [0.2, 0.25) is 0 Å². The lowest BCUT2D eigenvalue weighted by Crippen LogP contribution is -2.37. The Hall–Kier alpha value is -2.43. The molecule has 0 aliphatic rings. The zero-order valence-corrected chi connectivity index (χ0v) is 12.3. The molecule has 0 fully saturated rings. The number of carbonyl (C=O) groups is 1. The van der Waals surface area contributed by atoms with Gasteiger partial charge in [-0.15, -0.1) is 0 Å². The first-order chi connectivity index (χ1) is 10.5. The number of nitrogens with one attached hydrogen (secondary N) is 1. The molecule has 1 amide bonds. The van der Waals surface area contributed by atoms with Gasteiger partial charge in [0, 0.05) is 0 Å². The van der Waals surface area contributed by atoms with E-state index in [1.165, 1.54) is 36.4 Å². The number of hydrogen-bond donors (Lipinski definition) is 1. The van der Waals surface area contributed by atoms with Crippen LogP contribution in [0, 0.1) is 11.6 Å². The second-order valence-electron chi connectivity index (χ2n) is 5.00. The van der Waals surface area contributed by atoms with E-state index >= 15 is 0 Å². The molecule has 0 heterocycles. The van der Waals surface area contributed by atoms with Crippen LogP contribution in [0.15, 0.2) is 48.5 Å². The molecule has 0 unspecified atom stereocenters. The van der Waals surface area contributed by atoms with Gasteiger partial charge in [0.15, 0.2) is 6.10 Å². The van der Waals surface area contributed by atoms with Gasteiger partial charge >= 0.3 is 0 Å². The van der Waals surface area contributed by atoms with Gasteiger partial charge in [0.05, 0.1) is 6.04 Å². The molecule has 5 heteroatoms. The van der Waals surface area contributed by atoms with E-state index < -0.39 is 6.10 Å². The molecule has 2 atom stereocenters. The van der Waals surface area contributed by atoms with Crippen molar-refractivity contribution < 1.29 is 18.3 Å². The molecule has 0 aliphatic carbocycles. The number of ether oxygens (including phenoxy) is 1. The molecule has 116 valence electrons. The molecule has 22 heavy (non-hydrogen) atoms. The molecule has 2 aromatic rings. The van der Waals surface area contributed by atoms with E-state index in [0.29, 0.717) is 5.75 Å². The van der Waals surface area contributed by atoms with Crippen LogP contribution < -0.4 is 10.1 Å². The predicted molar refractivity (Wildman–Crippen MR) is 79.4 cm³/mol. The lowest BCUT2D eigenvalue weighted by Gasteiger charge is -2.19. The van der Waals surface area contributed by atoms with Crippen molar-refractivity contribution in [3.05, 3.63) is 65.7 Å². The minimum absolute atomic E-state index is 0.271. The van der Waals surface area contributed by atoms with Crippen LogP contribution in [0.25, 0.3) is 0 Å². The van der Waals surface area contributed by atoms with E-state index in [2.05, 4.69) is 5.32 Å². The fourth-order valence-electron chi connectivity index (χ4n) is 1.94. The van der Waals surface area contributed by atoms with Gasteiger partial charge in [-0.1, -0.05) is 12.1 Å². The second-order valence-corrected chi connectivity index (χ2v) is 5.00. The molecule has 1 N–H and O–H groups in total. The van der Waals surface area contributed by atoms with E-state index in [9.17, 15) is 13.6 Å². The van der Waals surface area contributed by atoms with Crippen molar-refractivity contribution in [2.24, 2.45) is 0 Å². The molecule has 2 aromatic carbocycles. The average molecular weight is 305 g/mol. The van der Waals surface area contributed by atoms with Crippen LogP contribution in [-0.4, -0.2) is 12.0 Å². The lowest BCUT2D eigenvalue weighted by atomic mass is 10.1. The fourth-order valence-corrected chi connectivity index (χ4v) is 1.94. The van der Waals surface area contributed by atoms with Gasteiger partial charge in [-0.25, -0.2) is 8.78 Å². The van der Waals surface area contributed by atoms with Crippen molar-refractivity contribution in [1.82, 2.24) is 5.32 Å². The second kappa shape index (κ2) is 7.02. The van der Waals surface area contributed by atoms with Gasteiger partial charge in [-0.05, 0) is 55.8 Å². The molecule has 3 nitrogen and oxygen atoms in total. The largest absolute Gasteiger partial charge is 0.481 e. The number of amides is 1. The number of benzene rings is 2. The van der Waals surface area contributed by atoms with Crippen LogP contribution in [0.1, 0.15) is 25.5 Å². The maximum atomic E-state index is 12.9. The third-order valence-electron chi connectivity index (χ3n) is 3.22. The van der Waals surface area contributed by atoms with Crippen molar-refractivity contribution in [2.45, 2.75) is 26.0 Å². The summed E-state index contributed by atoms with van der Waals surface area (Å²) < 4.78 is 31.1. The van der Waals surface area contributed by atoms with Crippen LogP contribution in [0.5, 0.6) is 5.75 Å². The van der Waals surface area contributed by atoms with E-state index in [0.717, 1.165) is 5.56 Å². The van der Waals surface area contributed by atoms with Gasteiger partial charge in [0.25, 0.3) is 5.91 Å². The molecular formula is C17H17F2NO2. The van der Waals surface area contributed by atoms with Crippen LogP contribution in [0.4, 0.5) is 8.78 Å². The topological polar surface area (TPSA) is 38.3 Å². The fraction of sp³-hybridized carbons (Fsp3) is 0.235. The molecule has 0 aromatic heterocycles. The summed E-state index contributed by atoms with van der Waals surface area (Å²) in [5.41, 5.74) is 0.795. The number of rotatable bonds is 5. The Balaban J connectivity index is 1.93. The minimum Gasteiger partial charge on any atom is -0.481 e. The lowest BCUT2D eigenvalue weighted by molar-refractivity contribution is -0.127. The summed E-state index contributed by atoms with van der Waals surface area (Å²) in [5.74, 6) is -0.579. The van der Waals surface area contributed by atoms with Crippen molar-refractivity contribution in [3.63, 3.8) is 0 Å². The third-order valence-corrected chi connectivity index (χ3v) is 3.22. The van der Waals surface area contributed by atoms with E-state index in [1.54, 1.807) is 26.0 Å². The predicted octanol–water partition coefficient (Wildman–Crippen LogP) is 3.61. The molecule has 0 radical (unpaired) electrons. The summed E-state index contributed by atoms with van der Waals surface area (Å²) in [7, 11) is 0. The Labute approximate surface area is 127 Å². The van der Waals surface area contributed by atoms with Gasteiger partial charge in [0.1, 0.15) is 17.4 Å². The maximum Gasteiger partial charge on any atom is 0.261 e. The summed E-state index contributed by atoms with van der Waals surface area (Å²) >= 11 is 0. The Kier molecular flexibility index (Phi) is 5.09. The van der Waals surface area contributed by atoms with Crippen molar-refractivity contribution >= 4 is 5.91 Å². The summed E-state index contributed by atoms with van der Waals surface area (Å²) in [6, 6.07) is 11.1. The van der Waals surface area contributed by atoms with Gasteiger partial charge in [-0.3, -0.25) is 4.79 Å². The summed E-state index contributed by atoms with van der Waals surface area (Å²) in [6.45, 7) is 3.41. The minimum atomic E-state index is -0.728. The highest BCUT2D eigenvalue weighted by Gasteiger charge is 2.17. The Morgan fingerprint density at radius 3 is 2.00 bits per heavy atom. The molecule has 0 spiro atoms. The van der Waals surface area contributed by atoms with Crippen molar-refractivity contribution in [2.75, 3.05) is 0 Å². The maximum absolute atomic E-state index is 12.9. The van der Waals surface area contributed by atoms with E-state index in [1.807, 2.05) is 0 Å². The Bertz CT molecular complexity index is 626. The first-order valence-corrected chi connectivity index (χ1v) is 6.94. The zero-order valence-electron chi connectivity index (χ0n) is 12.3. The quantitative estimate of drug-likeness (QED) is 0.916. The monoisotopic (exact) mass is 305 g/mol. The van der Waals surface area contributed by atoms with Crippen LogP contribution in [0.3, 0.4) is 0 Å². The number of hydrogen-bond acceptors (Lipinski definition) is 2. The molecule has 0 saturated carbocycles. The standard InChI is InChI=1S/C17H17F2NO2/c1-11(13-3-5-14(18)6-4-13)20-17(21)12(2)22-16-9-7-15(19)8-10-16/h3-12H,1-2H3,(H,20,21)/t11-,12-/m1/s1. The van der Waals surface area contributed by atoms with E-state index in [-0.39, 0.29) is 23.6 Å². The molecule has 0 bridgehead atoms. The molecule has 2 rings (SSSR count). The summed E-state index contributed by atoms with van der Waals surface area (Å²) in [5, 5.41) is 2.79. The Morgan fingerprint density at radius 1 is 0.955 bits per heavy atom. The normalized spacial score (nSPS) is 13.3. The van der Waals surface area contributed by atoms with Crippen LogP contribution >= 0.6 is 0 Å². The highest BCUT2D eigenvalue weighted by atomic mass is 19.1. The number of carbonyl (C=O) groups excluding carboxylic acids is 1. The number of halogens is 2. The third kappa shape index (κ3) is 4.28. The van der Waals surface area contributed by atoms with Crippen molar-refractivity contribution in [3.8, 4) is 5.75 Å². The summed E-state index contributed by atoms with van der Waals surface area (Å²) in [6.07, 6.45) is -0.728. The van der Waals surface area contributed by atoms with Crippen LogP contribution in [-0.2, 0) is 4.79 Å². The zero-order chi connectivity index (χ0) is 16.1. The SMILES string of the molecule is C[C@@H](Oc1ccc(F)cc1)C(=O)N[C@H](C)c1ccc(F)cc1. The molecule has 0 saturated heterocycles. The molecule has 0 aliphatic heterocycles. The van der Waals surface area contributed by atoms with Crippen LogP contribution in [0.2, 0.25) is 0 Å². The Morgan fingerprint density at radius 2 is 1.45 bits per heavy atom. The highest BCUT2D eigenvalue weighted by molar-refractivity contribution is 5.81. The first-order valence-electron chi connectivity index (χ1n) is 6.94.